The van der Waals surface area contributed by atoms with Crippen molar-refractivity contribution in [3.8, 4) is 0 Å². The molecule has 0 bridgehead atoms. The van der Waals surface area contributed by atoms with Gasteiger partial charge in [0.1, 0.15) is 6.10 Å². The number of carboxylic acids is 1. The number of hydrogen-bond donors (Lipinski definition) is 5. The molecule has 9 nitrogen and oxygen atoms in total. The molecule has 0 amide bonds. The largest absolute Gasteiger partial charge is 0.481 e. The van der Waals surface area contributed by atoms with Crippen LogP contribution in [0.15, 0.2) is 11.6 Å². The highest BCUT2D eigenvalue weighted by Gasteiger charge is 2.43. The molecule has 0 radical (unpaired) electrons. The summed E-state index contributed by atoms with van der Waals surface area (Å²) in [6, 6.07) is 0. The second-order valence-corrected chi connectivity index (χ2v) is 10.1. The molecule has 0 aromatic heterocycles. The van der Waals surface area contributed by atoms with Crippen molar-refractivity contribution in [2.75, 3.05) is 6.61 Å². The first kappa shape index (κ1) is 31.5. The maximum Gasteiger partial charge on any atom is 0.330 e. The molecule has 1 aliphatic rings. The fourth-order valence-corrected chi connectivity index (χ4v) is 4.38. The summed E-state index contributed by atoms with van der Waals surface area (Å²) in [6.45, 7) is 7.21. The summed E-state index contributed by atoms with van der Waals surface area (Å²) in [5, 5.41) is 49.9. The molecule has 1 heterocycles. The van der Waals surface area contributed by atoms with Gasteiger partial charge in [-0.15, -0.1) is 0 Å². The summed E-state index contributed by atoms with van der Waals surface area (Å²) < 4.78 is 11.1. The summed E-state index contributed by atoms with van der Waals surface area (Å²) in [7, 11) is 0. The summed E-state index contributed by atoms with van der Waals surface area (Å²) in [6.07, 6.45) is 2.16. The molecule has 1 rings (SSSR count). The van der Waals surface area contributed by atoms with Crippen LogP contribution in [0.5, 0.6) is 0 Å². The van der Waals surface area contributed by atoms with Gasteiger partial charge in [0.05, 0.1) is 37.1 Å². The van der Waals surface area contributed by atoms with Crippen molar-refractivity contribution >= 4 is 11.9 Å². The lowest BCUT2D eigenvalue weighted by Crippen LogP contribution is -2.42. The number of aliphatic carboxylic acids is 1. The van der Waals surface area contributed by atoms with Gasteiger partial charge in [-0.2, -0.15) is 0 Å². The van der Waals surface area contributed by atoms with Gasteiger partial charge in [-0.1, -0.05) is 45.1 Å². The van der Waals surface area contributed by atoms with Gasteiger partial charge < -0.3 is 35.0 Å². The SMILES string of the molecule is CC(=CC(=O)OCCCCCCCCC(=O)O)CC(O)C(O)C1OC(C(O)C(C)C(C)O)CC1C. The van der Waals surface area contributed by atoms with Crippen LogP contribution in [0.3, 0.4) is 0 Å². The van der Waals surface area contributed by atoms with Crippen LogP contribution in [0, 0.1) is 11.8 Å². The van der Waals surface area contributed by atoms with Crippen LogP contribution in [0.1, 0.15) is 85.5 Å². The van der Waals surface area contributed by atoms with E-state index in [9.17, 15) is 30.0 Å². The molecule has 0 aromatic rings. The fraction of sp³-hybridized carbons (Fsp3) is 0.846. The third kappa shape index (κ3) is 11.8. The van der Waals surface area contributed by atoms with Crippen molar-refractivity contribution in [3.63, 3.8) is 0 Å². The molecule has 0 saturated carbocycles. The zero-order valence-corrected chi connectivity index (χ0v) is 21.6. The number of carbonyl (C=O) groups is 2. The van der Waals surface area contributed by atoms with Crippen LogP contribution >= 0.6 is 0 Å². The van der Waals surface area contributed by atoms with E-state index in [1.165, 1.54) is 6.08 Å². The Morgan fingerprint density at radius 3 is 2.20 bits per heavy atom. The lowest BCUT2D eigenvalue weighted by Gasteiger charge is -2.29. The van der Waals surface area contributed by atoms with E-state index >= 15 is 0 Å². The zero-order valence-electron chi connectivity index (χ0n) is 21.6. The Morgan fingerprint density at radius 1 is 1.00 bits per heavy atom. The van der Waals surface area contributed by atoms with Crippen molar-refractivity contribution in [3.05, 3.63) is 11.6 Å². The molecule has 8 atom stereocenters. The number of aliphatic hydroxyl groups excluding tert-OH is 4. The highest BCUT2D eigenvalue weighted by atomic mass is 16.5. The Labute approximate surface area is 209 Å². The second kappa shape index (κ2) is 16.3. The predicted molar refractivity (Wildman–Crippen MR) is 131 cm³/mol. The first-order valence-electron chi connectivity index (χ1n) is 12.9. The molecule has 9 heteroatoms. The highest BCUT2D eigenvalue weighted by molar-refractivity contribution is 5.82. The topological polar surface area (TPSA) is 154 Å². The van der Waals surface area contributed by atoms with Gasteiger partial charge >= 0.3 is 11.9 Å². The van der Waals surface area contributed by atoms with Gasteiger partial charge in [-0.3, -0.25) is 4.79 Å². The quantitative estimate of drug-likeness (QED) is 0.115. The molecular formula is C26H46O9. The molecular weight excluding hydrogens is 456 g/mol. The van der Waals surface area contributed by atoms with Crippen LogP contribution in [-0.4, -0.2) is 80.7 Å². The third-order valence-corrected chi connectivity index (χ3v) is 6.83. The molecule has 1 aliphatic heterocycles. The molecule has 0 spiro atoms. The molecule has 35 heavy (non-hydrogen) atoms. The summed E-state index contributed by atoms with van der Waals surface area (Å²) >= 11 is 0. The van der Waals surface area contributed by atoms with Crippen molar-refractivity contribution in [1.82, 2.24) is 0 Å². The van der Waals surface area contributed by atoms with E-state index in [1.807, 2.05) is 6.92 Å². The number of rotatable bonds is 17. The van der Waals surface area contributed by atoms with Crippen LogP contribution in [-0.2, 0) is 19.1 Å². The number of aliphatic hydroxyl groups is 4. The first-order valence-corrected chi connectivity index (χ1v) is 12.9. The minimum Gasteiger partial charge on any atom is -0.481 e. The maximum atomic E-state index is 12.0. The summed E-state index contributed by atoms with van der Waals surface area (Å²) in [5.41, 5.74) is 0.574. The van der Waals surface area contributed by atoms with Gasteiger partial charge in [0.25, 0.3) is 0 Å². The second-order valence-electron chi connectivity index (χ2n) is 10.1. The van der Waals surface area contributed by atoms with E-state index in [4.69, 9.17) is 14.6 Å². The monoisotopic (exact) mass is 502 g/mol. The van der Waals surface area contributed by atoms with Crippen LogP contribution < -0.4 is 0 Å². The van der Waals surface area contributed by atoms with E-state index in [0.717, 1.165) is 32.1 Å². The van der Waals surface area contributed by atoms with E-state index in [1.54, 1.807) is 20.8 Å². The average molecular weight is 503 g/mol. The van der Waals surface area contributed by atoms with Crippen molar-refractivity contribution in [2.45, 2.75) is 122 Å². The Bertz CT molecular complexity index is 663. The Balaban J connectivity index is 2.35. The standard InChI is InChI=1S/C26H46O9/c1-16(14-23(31)34-12-10-8-6-5-7-9-11-22(29)30)13-20(28)25(33)26-17(2)15-21(35-26)24(32)18(3)19(4)27/h14,17-21,24-28,32-33H,5-13,15H2,1-4H3,(H,29,30). The average Bonchev–Trinajstić information content (AvgIpc) is 3.17. The Kier molecular flexibility index (Phi) is 14.6. The van der Waals surface area contributed by atoms with Crippen molar-refractivity contribution in [1.29, 1.82) is 0 Å². The molecule has 8 unspecified atom stereocenters. The minimum atomic E-state index is -1.18. The molecule has 1 saturated heterocycles. The number of ether oxygens (including phenoxy) is 2. The van der Waals surface area contributed by atoms with Crippen LogP contribution in [0.2, 0.25) is 0 Å². The number of unbranched alkanes of at least 4 members (excludes halogenated alkanes) is 5. The summed E-state index contributed by atoms with van der Waals surface area (Å²) in [5.74, 6) is -1.73. The first-order chi connectivity index (χ1) is 16.4. The highest BCUT2D eigenvalue weighted by Crippen LogP contribution is 2.34. The fourth-order valence-electron chi connectivity index (χ4n) is 4.38. The predicted octanol–water partition coefficient (Wildman–Crippen LogP) is 2.57. The van der Waals surface area contributed by atoms with E-state index in [2.05, 4.69) is 0 Å². The molecule has 0 aliphatic carbocycles. The smallest absolute Gasteiger partial charge is 0.330 e. The lowest BCUT2D eigenvalue weighted by atomic mass is 9.89. The number of esters is 1. The van der Waals surface area contributed by atoms with Crippen LogP contribution in [0.25, 0.3) is 0 Å². The molecule has 1 fully saturated rings. The summed E-state index contributed by atoms with van der Waals surface area (Å²) in [4.78, 5) is 22.5. The van der Waals surface area contributed by atoms with Gasteiger partial charge in [0, 0.05) is 18.4 Å². The van der Waals surface area contributed by atoms with Gasteiger partial charge in [-0.05, 0) is 45.4 Å². The maximum absolute atomic E-state index is 12.0. The number of carboxylic acid groups (broad SMARTS) is 1. The zero-order chi connectivity index (χ0) is 26.5. The van der Waals surface area contributed by atoms with Gasteiger partial charge in [0.2, 0.25) is 0 Å². The Hall–Kier alpha value is -1.52. The van der Waals surface area contributed by atoms with Crippen molar-refractivity contribution < 1.29 is 44.6 Å². The van der Waals surface area contributed by atoms with Crippen molar-refractivity contribution in [2.24, 2.45) is 11.8 Å². The molecule has 204 valence electrons. The van der Waals surface area contributed by atoms with Gasteiger partial charge in [0.15, 0.2) is 0 Å². The Morgan fingerprint density at radius 2 is 1.60 bits per heavy atom. The minimum absolute atomic E-state index is 0.0798. The van der Waals surface area contributed by atoms with E-state index < -0.39 is 48.6 Å². The van der Waals surface area contributed by atoms with Crippen LogP contribution in [0.4, 0.5) is 0 Å². The number of carbonyl (C=O) groups excluding carboxylic acids is 1. The lowest BCUT2D eigenvalue weighted by molar-refractivity contribution is -0.138. The van der Waals surface area contributed by atoms with E-state index in [0.29, 0.717) is 25.0 Å². The third-order valence-electron chi connectivity index (χ3n) is 6.83. The molecule has 0 aromatic carbocycles. The van der Waals surface area contributed by atoms with E-state index in [-0.39, 0.29) is 24.7 Å². The van der Waals surface area contributed by atoms with Gasteiger partial charge in [-0.25, -0.2) is 4.79 Å². The molecule has 5 N–H and O–H groups in total. The normalized spacial score (nSPS) is 25.0. The number of hydrogen-bond acceptors (Lipinski definition) is 8.